The number of nitrogens with zero attached hydrogens (tertiary/aromatic N) is 4. The molecule has 0 unspecified atom stereocenters. The van der Waals surface area contributed by atoms with Gasteiger partial charge in [0.2, 0.25) is 0 Å². The number of carbonyl (C=O) groups excluding carboxylic acids is 1. The molecular weight excluding hydrogens is 507 g/mol. The molecule has 4 aromatic rings. The van der Waals surface area contributed by atoms with Gasteiger partial charge in [0, 0.05) is 37.1 Å². The fourth-order valence-electron chi connectivity index (χ4n) is 5.05. The lowest BCUT2D eigenvalue weighted by Crippen LogP contribution is -2.42. The van der Waals surface area contributed by atoms with Crippen molar-refractivity contribution < 1.29 is 26.4 Å². The van der Waals surface area contributed by atoms with Crippen LogP contribution in [0.2, 0.25) is 0 Å². The number of carbonyl (C=O) groups is 1. The van der Waals surface area contributed by atoms with Gasteiger partial charge in [-0.05, 0) is 43.2 Å². The monoisotopic (exact) mass is 533 g/mol. The maximum absolute atomic E-state index is 13.4. The molecule has 4 heterocycles. The number of benzene rings is 1. The molecule has 0 aliphatic carbocycles. The number of halogens is 3. The van der Waals surface area contributed by atoms with Crippen LogP contribution in [-0.4, -0.2) is 58.5 Å². The van der Waals surface area contributed by atoms with Crippen molar-refractivity contribution in [1.82, 2.24) is 23.6 Å². The molecule has 5 rings (SSSR count). The highest BCUT2D eigenvalue weighted by molar-refractivity contribution is 7.90. The Labute approximate surface area is 211 Å². The molecule has 1 aromatic carbocycles. The Bertz CT molecular complexity index is 1570. The summed E-state index contributed by atoms with van der Waals surface area (Å²) in [6, 6.07) is 11.0. The Hall–Kier alpha value is -3.54. The number of aryl methyl sites for hydroxylation is 1. The molecule has 3 aromatic heterocycles. The van der Waals surface area contributed by atoms with Crippen LogP contribution in [0.4, 0.5) is 18.0 Å². The Kier molecular flexibility index (Phi) is 6.17. The molecule has 12 heteroatoms. The zero-order valence-electron chi connectivity index (χ0n) is 20.2. The van der Waals surface area contributed by atoms with Crippen LogP contribution in [0, 0.1) is 12.8 Å². The number of likely N-dealkylation sites (tertiary alicyclic amines) is 1. The first-order valence-electron chi connectivity index (χ1n) is 11.9. The van der Waals surface area contributed by atoms with Crippen LogP contribution >= 0.6 is 0 Å². The van der Waals surface area contributed by atoms with Gasteiger partial charge in [-0.1, -0.05) is 31.0 Å². The third-order valence-electron chi connectivity index (χ3n) is 6.97. The molecule has 8 nitrogen and oxygen atoms in total. The Morgan fingerprint density at radius 3 is 2.49 bits per heavy atom. The third-order valence-corrected chi connectivity index (χ3v) is 8.67. The summed E-state index contributed by atoms with van der Waals surface area (Å²) in [7, 11) is -3.85. The number of alkyl halides is 3. The summed E-state index contributed by atoms with van der Waals surface area (Å²) >= 11 is 0. The van der Waals surface area contributed by atoms with Crippen molar-refractivity contribution in [1.29, 1.82) is 0 Å². The van der Waals surface area contributed by atoms with Crippen LogP contribution in [0.1, 0.15) is 30.5 Å². The second kappa shape index (κ2) is 9.09. The molecule has 1 aliphatic rings. The van der Waals surface area contributed by atoms with Crippen molar-refractivity contribution in [2.45, 2.75) is 37.3 Å². The first kappa shape index (κ1) is 25.1. The fourth-order valence-corrected chi connectivity index (χ4v) is 6.39. The number of hydrogen-bond donors (Lipinski definition) is 1. The van der Waals surface area contributed by atoms with Crippen LogP contribution in [0.25, 0.3) is 16.7 Å². The number of aromatic nitrogens is 3. The molecule has 0 radical (unpaired) electrons. The van der Waals surface area contributed by atoms with E-state index < -0.39 is 28.8 Å². The minimum absolute atomic E-state index is 0.00479. The van der Waals surface area contributed by atoms with E-state index in [1.54, 1.807) is 48.7 Å². The van der Waals surface area contributed by atoms with E-state index in [2.05, 4.69) is 4.98 Å². The van der Waals surface area contributed by atoms with Gasteiger partial charge >= 0.3 is 12.2 Å². The average molecular weight is 534 g/mol. The molecule has 1 saturated heterocycles. The number of pyridine rings is 1. The van der Waals surface area contributed by atoms with Crippen LogP contribution in [0.3, 0.4) is 0 Å². The molecule has 196 valence electrons. The largest absolute Gasteiger partial charge is 0.405 e. The van der Waals surface area contributed by atoms with Crippen molar-refractivity contribution in [3.05, 3.63) is 66.1 Å². The zero-order chi connectivity index (χ0) is 26.5. The fraction of sp³-hybridized carbons (Fsp3) is 0.360. The molecule has 37 heavy (non-hydrogen) atoms. The predicted molar refractivity (Wildman–Crippen MR) is 132 cm³/mol. The number of imidazole rings is 1. The predicted octanol–water partition coefficient (Wildman–Crippen LogP) is 4.53. The maximum atomic E-state index is 13.4. The molecule has 1 fully saturated rings. The van der Waals surface area contributed by atoms with Gasteiger partial charge in [0.05, 0.1) is 15.9 Å². The van der Waals surface area contributed by atoms with E-state index >= 15 is 0 Å². The molecular formula is C25H26F3N5O3S. The summed E-state index contributed by atoms with van der Waals surface area (Å²) in [6.45, 7) is 3.01. The van der Waals surface area contributed by atoms with Crippen molar-refractivity contribution in [2.24, 2.45) is 5.92 Å². The summed E-state index contributed by atoms with van der Waals surface area (Å²) in [5.41, 5.74) is 3.45. The quantitative estimate of drug-likeness (QED) is 0.408. The lowest BCUT2D eigenvalue weighted by Gasteiger charge is -2.18. The van der Waals surface area contributed by atoms with E-state index in [4.69, 9.17) is 0 Å². The second-order valence-electron chi connectivity index (χ2n) is 9.36. The molecule has 0 bridgehead atoms. The average Bonchev–Trinajstić information content (AvgIpc) is 3.57. The minimum atomic E-state index is -4.49. The first-order valence-corrected chi connectivity index (χ1v) is 13.3. The topological polar surface area (TPSA) is 88.7 Å². The lowest BCUT2D eigenvalue weighted by molar-refractivity contribution is -0.123. The van der Waals surface area contributed by atoms with Gasteiger partial charge < -0.3 is 10.2 Å². The van der Waals surface area contributed by atoms with Gasteiger partial charge in [-0.3, -0.25) is 4.40 Å². The Morgan fingerprint density at radius 1 is 1.08 bits per heavy atom. The molecule has 0 saturated carbocycles. The number of rotatable bonds is 5. The zero-order valence-corrected chi connectivity index (χ0v) is 21.1. The summed E-state index contributed by atoms with van der Waals surface area (Å²) in [5.74, 6) is -0.176. The Morgan fingerprint density at radius 2 is 1.81 bits per heavy atom. The SMILES string of the molecule is CC[C@@H]1CN(C(=O)NCC(F)(F)F)C[C@@H]1c1cnc2ccc3c(ccn3S(=O)(=O)c3ccc(C)cc3)n12. The standard InChI is InChI=1S/C25H26F3N5O3S/c1-3-17-13-31(24(34)30-15-25(26,27)28)14-19(17)22-12-29-23-9-8-20-21(33(22)23)10-11-32(20)37(35,36)18-6-4-16(2)5-7-18/h4-12,17,19H,3,13-15H2,1-2H3,(H,30,34)/t17-,19+/m1/s1. The van der Waals surface area contributed by atoms with Crippen LogP contribution < -0.4 is 5.32 Å². The summed E-state index contributed by atoms with van der Waals surface area (Å²) in [5, 5.41) is 1.95. The first-order chi connectivity index (χ1) is 17.5. The molecule has 2 atom stereocenters. The van der Waals surface area contributed by atoms with E-state index in [0.717, 1.165) is 11.3 Å². The van der Waals surface area contributed by atoms with Gasteiger partial charge in [-0.25, -0.2) is 22.2 Å². The van der Waals surface area contributed by atoms with Crippen molar-refractivity contribution in [3.8, 4) is 0 Å². The number of urea groups is 1. The molecule has 2 amide bonds. The van der Waals surface area contributed by atoms with Crippen LogP contribution in [0.15, 0.2) is 59.8 Å². The summed E-state index contributed by atoms with van der Waals surface area (Å²) in [6.07, 6.45) is -0.574. The number of amides is 2. The number of nitrogens with one attached hydrogen (secondary N) is 1. The number of fused-ring (bicyclic) bond motifs is 3. The maximum Gasteiger partial charge on any atom is 0.405 e. The van der Waals surface area contributed by atoms with Crippen LogP contribution in [0.5, 0.6) is 0 Å². The minimum Gasteiger partial charge on any atom is -0.329 e. The van der Waals surface area contributed by atoms with Gasteiger partial charge in [-0.2, -0.15) is 13.2 Å². The van der Waals surface area contributed by atoms with Gasteiger partial charge in [0.1, 0.15) is 12.2 Å². The van der Waals surface area contributed by atoms with E-state index in [0.29, 0.717) is 29.6 Å². The summed E-state index contributed by atoms with van der Waals surface area (Å²) in [4.78, 5) is 18.5. The molecule has 1 aliphatic heterocycles. The van der Waals surface area contributed by atoms with Crippen molar-refractivity contribution in [3.63, 3.8) is 0 Å². The highest BCUT2D eigenvalue weighted by atomic mass is 32.2. The van der Waals surface area contributed by atoms with Crippen LogP contribution in [-0.2, 0) is 10.0 Å². The van der Waals surface area contributed by atoms with E-state index in [-0.39, 0.29) is 23.3 Å². The lowest BCUT2D eigenvalue weighted by atomic mass is 9.91. The summed E-state index contributed by atoms with van der Waals surface area (Å²) < 4.78 is 67.7. The molecule has 1 N–H and O–H groups in total. The smallest absolute Gasteiger partial charge is 0.329 e. The highest BCUT2D eigenvalue weighted by Crippen LogP contribution is 2.36. The Balaban J connectivity index is 1.52. The van der Waals surface area contributed by atoms with E-state index in [1.165, 1.54) is 15.1 Å². The second-order valence-corrected chi connectivity index (χ2v) is 11.2. The van der Waals surface area contributed by atoms with Gasteiger partial charge in [-0.15, -0.1) is 0 Å². The van der Waals surface area contributed by atoms with E-state index in [9.17, 15) is 26.4 Å². The van der Waals surface area contributed by atoms with E-state index in [1.807, 2.05) is 23.6 Å². The third kappa shape index (κ3) is 4.54. The van der Waals surface area contributed by atoms with Crippen molar-refractivity contribution >= 4 is 32.7 Å². The van der Waals surface area contributed by atoms with Crippen molar-refractivity contribution in [2.75, 3.05) is 19.6 Å². The molecule has 0 spiro atoms. The van der Waals surface area contributed by atoms with Gasteiger partial charge in [0.15, 0.2) is 0 Å². The normalized spacial score (nSPS) is 18.7. The van der Waals surface area contributed by atoms with Gasteiger partial charge in [0.25, 0.3) is 10.0 Å². The highest BCUT2D eigenvalue weighted by Gasteiger charge is 2.38. The number of hydrogen-bond acceptors (Lipinski definition) is 4.